The van der Waals surface area contributed by atoms with Gasteiger partial charge >= 0.3 is 0 Å². The van der Waals surface area contributed by atoms with E-state index in [2.05, 4.69) is 30.6 Å². The van der Waals surface area contributed by atoms with Crippen molar-refractivity contribution in [2.75, 3.05) is 35.2 Å². The Morgan fingerprint density at radius 1 is 1.30 bits per heavy atom. The first-order chi connectivity index (χ1) is 11.3. The van der Waals surface area contributed by atoms with Gasteiger partial charge in [-0.2, -0.15) is 10.1 Å². The van der Waals surface area contributed by atoms with E-state index in [-0.39, 0.29) is 6.10 Å². The van der Waals surface area contributed by atoms with Gasteiger partial charge in [0.05, 0.1) is 12.3 Å². The molecule has 0 amide bonds. The number of nitrogens with zero attached hydrogens (tertiary/aromatic N) is 5. The van der Waals surface area contributed by atoms with Crippen LogP contribution >= 0.6 is 0 Å². The fourth-order valence-corrected chi connectivity index (χ4v) is 3.14. The van der Waals surface area contributed by atoms with Crippen molar-refractivity contribution >= 4 is 23.3 Å². The maximum Gasteiger partial charge on any atom is 0.229 e. The van der Waals surface area contributed by atoms with Gasteiger partial charge in [-0.15, -0.1) is 0 Å². The maximum absolute atomic E-state index is 9.83. The van der Waals surface area contributed by atoms with Crippen molar-refractivity contribution in [1.29, 1.82) is 0 Å². The molecule has 1 saturated heterocycles. The van der Waals surface area contributed by atoms with E-state index in [1.807, 2.05) is 10.7 Å². The predicted molar refractivity (Wildman–Crippen MR) is 88.1 cm³/mol. The van der Waals surface area contributed by atoms with E-state index in [1.165, 1.54) is 0 Å². The van der Waals surface area contributed by atoms with Gasteiger partial charge in [-0.3, -0.25) is 0 Å². The predicted octanol–water partition coefficient (Wildman–Crippen LogP) is 1.19. The lowest BCUT2D eigenvalue weighted by atomic mass is 10.1. The molecule has 2 aliphatic rings. The third kappa shape index (κ3) is 2.94. The Labute approximate surface area is 134 Å². The Kier molecular flexibility index (Phi) is 3.74. The molecule has 8 nitrogen and oxygen atoms in total. The standard InChI is InChI=1S/C15H21N7O/c23-11-3-1-7-21(10-11)13-4-6-17-15(20-13)19-12-9-18-22-8-2-5-16-14(12)22/h4,6,9,11,16,23H,1-3,5,7-8,10H2,(H,17,19,20). The Balaban J connectivity index is 1.53. The summed E-state index contributed by atoms with van der Waals surface area (Å²) >= 11 is 0. The van der Waals surface area contributed by atoms with Gasteiger partial charge in [-0.1, -0.05) is 0 Å². The first-order valence-corrected chi connectivity index (χ1v) is 8.12. The van der Waals surface area contributed by atoms with Crippen molar-refractivity contribution in [1.82, 2.24) is 19.7 Å². The summed E-state index contributed by atoms with van der Waals surface area (Å²) in [7, 11) is 0. The molecule has 1 fully saturated rings. The van der Waals surface area contributed by atoms with Crippen LogP contribution < -0.4 is 15.5 Å². The number of hydrogen-bond donors (Lipinski definition) is 3. The Bertz CT molecular complexity index is 686. The van der Waals surface area contributed by atoms with E-state index >= 15 is 0 Å². The second-order valence-electron chi connectivity index (χ2n) is 6.02. The molecule has 23 heavy (non-hydrogen) atoms. The highest BCUT2D eigenvalue weighted by atomic mass is 16.3. The van der Waals surface area contributed by atoms with Crippen molar-refractivity contribution in [3.63, 3.8) is 0 Å². The summed E-state index contributed by atoms with van der Waals surface area (Å²) < 4.78 is 1.96. The zero-order valence-corrected chi connectivity index (χ0v) is 12.9. The van der Waals surface area contributed by atoms with E-state index in [0.29, 0.717) is 12.5 Å². The minimum absolute atomic E-state index is 0.276. The van der Waals surface area contributed by atoms with Gasteiger partial charge in [0.15, 0.2) is 0 Å². The molecule has 2 aromatic heterocycles. The lowest BCUT2D eigenvalue weighted by Crippen LogP contribution is -2.38. The zero-order valence-electron chi connectivity index (χ0n) is 12.9. The highest BCUT2D eigenvalue weighted by Gasteiger charge is 2.20. The fourth-order valence-electron chi connectivity index (χ4n) is 3.14. The molecule has 0 spiro atoms. The van der Waals surface area contributed by atoms with Crippen LogP contribution in [0.25, 0.3) is 0 Å². The number of β-amino-alcohol motifs (C(OH)–C–C–N with tert-alkyl or cyclic N) is 1. The average molecular weight is 315 g/mol. The van der Waals surface area contributed by atoms with Crippen molar-refractivity contribution in [3.8, 4) is 0 Å². The van der Waals surface area contributed by atoms with Crippen molar-refractivity contribution in [2.24, 2.45) is 0 Å². The topological polar surface area (TPSA) is 91.1 Å². The largest absolute Gasteiger partial charge is 0.391 e. The van der Waals surface area contributed by atoms with Gasteiger partial charge in [-0.25, -0.2) is 9.67 Å². The second-order valence-corrected chi connectivity index (χ2v) is 6.02. The SMILES string of the molecule is OC1CCCN(c2ccnc(Nc3cnn4c3NCCC4)n2)C1. The minimum atomic E-state index is -0.276. The Hall–Kier alpha value is -2.35. The molecule has 4 heterocycles. The van der Waals surface area contributed by atoms with Crippen molar-refractivity contribution in [3.05, 3.63) is 18.5 Å². The van der Waals surface area contributed by atoms with Crippen LogP contribution in [-0.2, 0) is 6.54 Å². The number of aryl methyl sites for hydroxylation is 1. The van der Waals surface area contributed by atoms with Crippen LogP contribution in [0.5, 0.6) is 0 Å². The van der Waals surface area contributed by atoms with Gasteiger partial charge in [0.2, 0.25) is 5.95 Å². The number of nitrogens with one attached hydrogen (secondary N) is 2. The number of anilines is 4. The second kappa shape index (κ2) is 6.04. The summed E-state index contributed by atoms with van der Waals surface area (Å²) in [5.74, 6) is 2.37. The van der Waals surface area contributed by atoms with Crippen LogP contribution in [-0.4, -0.2) is 50.6 Å². The molecule has 2 aliphatic heterocycles. The average Bonchev–Trinajstić information content (AvgIpc) is 2.98. The first-order valence-electron chi connectivity index (χ1n) is 8.12. The number of fused-ring (bicyclic) bond motifs is 1. The summed E-state index contributed by atoms with van der Waals surface area (Å²) in [5.41, 5.74) is 0.889. The van der Waals surface area contributed by atoms with Gasteiger partial charge in [0, 0.05) is 32.4 Å². The van der Waals surface area contributed by atoms with E-state index in [4.69, 9.17) is 0 Å². The van der Waals surface area contributed by atoms with Gasteiger partial charge in [-0.05, 0) is 25.3 Å². The monoisotopic (exact) mass is 315 g/mol. The third-order valence-corrected chi connectivity index (χ3v) is 4.29. The van der Waals surface area contributed by atoms with Gasteiger partial charge < -0.3 is 20.6 Å². The molecular weight excluding hydrogens is 294 g/mol. The van der Waals surface area contributed by atoms with Crippen molar-refractivity contribution in [2.45, 2.75) is 31.9 Å². The van der Waals surface area contributed by atoms with Gasteiger partial charge in [0.1, 0.15) is 17.3 Å². The molecule has 0 aliphatic carbocycles. The fraction of sp³-hybridized carbons (Fsp3) is 0.533. The summed E-state index contributed by atoms with van der Waals surface area (Å²) in [5, 5.41) is 20.8. The van der Waals surface area contributed by atoms with Crippen molar-refractivity contribution < 1.29 is 5.11 Å². The van der Waals surface area contributed by atoms with E-state index in [0.717, 1.165) is 56.2 Å². The quantitative estimate of drug-likeness (QED) is 0.783. The van der Waals surface area contributed by atoms with E-state index in [9.17, 15) is 5.11 Å². The molecule has 2 aromatic rings. The molecule has 3 N–H and O–H groups in total. The van der Waals surface area contributed by atoms with E-state index < -0.39 is 0 Å². The molecule has 0 radical (unpaired) electrons. The van der Waals surface area contributed by atoms with E-state index in [1.54, 1.807) is 12.4 Å². The third-order valence-electron chi connectivity index (χ3n) is 4.29. The molecule has 8 heteroatoms. The highest BCUT2D eigenvalue weighted by Crippen LogP contribution is 2.27. The van der Waals surface area contributed by atoms with Crippen LogP contribution in [0, 0.1) is 0 Å². The number of aliphatic hydroxyl groups is 1. The number of piperidine rings is 1. The first kappa shape index (κ1) is 14.3. The highest BCUT2D eigenvalue weighted by molar-refractivity contribution is 5.69. The number of hydrogen-bond acceptors (Lipinski definition) is 7. The lowest BCUT2D eigenvalue weighted by Gasteiger charge is -2.31. The number of rotatable bonds is 3. The summed E-state index contributed by atoms with van der Waals surface area (Å²) in [6.45, 7) is 3.42. The minimum Gasteiger partial charge on any atom is -0.391 e. The number of aromatic nitrogens is 4. The Morgan fingerprint density at radius 2 is 2.26 bits per heavy atom. The molecule has 1 unspecified atom stereocenters. The summed E-state index contributed by atoms with van der Waals surface area (Å²) in [6.07, 6.45) is 6.19. The maximum atomic E-state index is 9.83. The van der Waals surface area contributed by atoms with Crippen LogP contribution in [0.3, 0.4) is 0 Å². The Morgan fingerprint density at radius 3 is 3.17 bits per heavy atom. The summed E-state index contributed by atoms with van der Waals surface area (Å²) in [6, 6.07) is 1.88. The lowest BCUT2D eigenvalue weighted by molar-refractivity contribution is 0.154. The number of aliphatic hydroxyl groups excluding tert-OH is 1. The molecule has 0 bridgehead atoms. The molecule has 4 rings (SSSR count). The van der Waals surface area contributed by atoms with Crippen LogP contribution in [0.15, 0.2) is 18.5 Å². The van der Waals surface area contributed by atoms with Crippen LogP contribution in [0.2, 0.25) is 0 Å². The molecule has 0 aromatic carbocycles. The smallest absolute Gasteiger partial charge is 0.229 e. The summed E-state index contributed by atoms with van der Waals surface area (Å²) in [4.78, 5) is 11.0. The zero-order chi connectivity index (χ0) is 15.6. The molecule has 122 valence electrons. The van der Waals surface area contributed by atoms with Gasteiger partial charge in [0.25, 0.3) is 0 Å². The molecular formula is C15H21N7O. The molecule has 0 saturated carbocycles. The normalized spacial score (nSPS) is 20.7. The molecule has 1 atom stereocenters. The van der Waals surface area contributed by atoms with Crippen LogP contribution in [0.1, 0.15) is 19.3 Å². The van der Waals surface area contributed by atoms with Crippen LogP contribution in [0.4, 0.5) is 23.3 Å².